The van der Waals surface area contributed by atoms with Gasteiger partial charge in [-0.3, -0.25) is 0 Å². The van der Waals surface area contributed by atoms with Crippen molar-refractivity contribution >= 4 is 5.82 Å². The van der Waals surface area contributed by atoms with Gasteiger partial charge in [-0.15, -0.1) is 0 Å². The van der Waals surface area contributed by atoms with E-state index in [1.165, 1.54) is 0 Å². The number of nitrogens with zero attached hydrogens (tertiary/aromatic N) is 4. The molecule has 0 radical (unpaired) electrons. The summed E-state index contributed by atoms with van der Waals surface area (Å²) in [5.41, 5.74) is 5.86. The lowest BCUT2D eigenvalue weighted by Crippen LogP contribution is -2.51. The van der Waals surface area contributed by atoms with Crippen LogP contribution in [0.3, 0.4) is 0 Å². The fraction of sp³-hybridized carbons (Fsp3) is 0.667. The molecule has 2 heterocycles. The molecule has 5 nitrogen and oxygen atoms in total. The van der Waals surface area contributed by atoms with Crippen LogP contribution < -0.4 is 5.73 Å². The first-order chi connectivity index (χ1) is 8.47. The molecule has 1 saturated heterocycles. The zero-order chi connectivity index (χ0) is 13.3. The number of nitrogen functional groups attached to an aromatic ring is 1. The highest BCUT2D eigenvalue weighted by molar-refractivity contribution is 5.32. The lowest BCUT2D eigenvalue weighted by Gasteiger charge is -2.37. The highest BCUT2D eigenvalue weighted by Gasteiger charge is 2.23. The fourth-order valence-corrected chi connectivity index (χ4v) is 2.27. The Bertz CT molecular complexity index is 413. The topological polar surface area (TPSA) is 58.3 Å². The first kappa shape index (κ1) is 13.2. The van der Waals surface area contributed by atoms with Gasteiger partial charge >= 0.3 is 0 Å². The van der Waals surface area contributed by atoms with Gasteiger partial charge in [0.05, 0.1) is 5.69 Å². The van der Waals surface area contributed by atoms with Crippen molar-refractivity contribution in [3.05, 3.63) is 17.3 Å². The van der Waals surface area contributed by atoms with Crippen molar-refractivity contribution in [1.29, 1.82) is 0 Å². The Morgan fingerprint density at radius 3 is 2.72 bits per heavy atom. The van der Waals surface area contributed by atoms with E-state index in [9.17, 15) is 4.39 Å². The molecular formula is C12H20FN5. The van der Waals surface area contributed by atoms with Crippen LogP contribution in [0.1, 0.15) is 11.5 Å². The summed E-state index contributed by atoms with van der Waals surface area (Å²) in [5.74, 6) is 0.0655. The maximum absolute atomic E-state index is 13.4. The number of hydrogen-bond acceptors (Lipinski definition) is 5. The summed E-state index contributed by atoms with van der Waals surface area (Å²) in [6, 6.07) is 0.355. The molecule has 0 aliphatic carbocycles. The van der Waals surface area contributed by atoms with E-state index in [0.29, 0.717) is 24.0 Å². The van der Waals surface area contributed by atoms with Gasteiger partial charge in [0.25, 0.3) is 0 Å². The van der Waals surface area contributed by atoms with Gasteiger partial charge in [0.15, 0.2) is 11.6 Å². The third kappa shape index (κ3) is 2.76. The maximum Gasteiger partial charge on any atom is 0.186 e. The molecule has 0 bridgehead atoms. The normalized spacial score (nSPS) is 22.3. The minimum Gasteiger partial charge on any atom is -0.381 e. The predicted molar refractivity (Wildman–Crippen MR) is 68.8 cm³/mol. The van der Waals surface area contributed by atoms with Crippen molar-refractivity contribution < 1.29 is 4.39 Å². The van der Waals surface area contributed by atoms with Crippen molar-refractivity contribution in [2.45, 2.75) is 19.4 Å². The van der Waals surface area contributed by atoms with E-state index in [1.807, 2.05) is 0 Å². The summed E-state index contributed by atoms with van der Waals surface area (Å²) in [6.45, 7) is 4.68. The van der Waals surface area contributed by atoms with Crippen LogP contribution in [-0.2, 0) is 6.42 Å². The average molecular weight is 253 g/mol. The van der Waals surface area contributed by atoms with Crippen molar-refractivity contribution in [1.82, 2.24) is 19.8 Å². The number of anilines is 1. The molecule has 1 fully saturated rings. The van der Waals surface area contributed by atoms with Gasteiger partial charge < -0.3 is 15.5 Å². The minimum atomic E-state index is -0.507. The van der Waals surface area contributed by atoms with Gasteiger partial charge in [0, 0.05) is 32.1 Å². The van der Waals surface area contributed by atoms with Crippen LogP contribution in [0.4, 0.5) is 10.2 Å². The van der Waals surface area contributed by atoms with E-state index in [2.05, 4.69) is 33.9 Å². The highest BCUT2D eigenvalue weighted by atomic mass is 19.1. The van der Waals surface area contributed by atoms with Crippen molar-refractivity contribution in [3.8, 4) is 0 Å². The Morgan fingerprint density at radius 2 is 2.06 bits per heavy atom. The molecule has 0 saturated carbocycles. The van der Waals surface area contributed by atoms with E-state index < -0.39 is 5.82 Å². The van der Waals surface area contributed by atoms with Crippen LogP contribution >= 0.6 is 0 Å². The average Bonchev–Trinajstić information content (AvgIpc) is 2.31. The number of aromatic nitrogens is 2. The Labute approximate surface area is 107 Å². The maximum atomic E-state index is 13.4. The molecule has 0 aromatic carbocycles. The smallest absolute Gasteiger partial charge is 0.186 e. The lowest BCUT2D eigenvalue weighted by atomic mass is 10.1. The number of hydrogen-bond donors (Lipinski definition) is 1. The molecule has 100 valence electrons. The Balaban J connectivity index is 2.13. The number of piperazine rings is 1. The molecule has 0 spiro atoms. The molecule has 18 heavy (non-hydrogen) atoms. The standard InChI is InChI=1S/C12H20FN5/c1-8-11(13)12(14)16-10(15-8)6-9-7-17(2)4-5-18(9)3/h9H,4-7H2,1-3H3,(H2,14,15,16). The van der Waals surface area contributed by atoms with E-state index >= 15 is 0 Å². The van der Waals surface area contributed by atoms with Gasteiger partial charge in [0.1, 0.15) is 5.82 Å². The Kier molecular flexibility index (Phi) is 3.77. The monoisotopic (exact) mass is 253 g/mol. The van der Waals surface area contributed by atoms with Crippen molar-refractivity contribution in [3.63, 3.8) is 0 Å². The third-order valence-corrected chi connectivity index (χ3v) is 3.49. The summed E-state index contributed by atoms with van der Waals surface area (Å²) in [6.07, 6.45) is 0.701. The number of rotatable bonds is 2. The van der Waals surface area contributed by atoms with Gasteiger partial charge in [-0.1, -0.05) is 0 Å². The molecule has 1 unspecified atom stereocenters. The highest BCUT2D eigenvalue weighted by Crippen LogP contribution is 2.14. The first-order valence-corrected chi connectivity index (χ1v) is 6.14. The molecule has 1 aliphatic heterocycles. The van der Waals surface area contributed by atoms with Gasteiger partial charge in [0.2, 0.25) is 0 Å². The van der Waals surface area contributed by atoms with Crippen molar-refractivity contribution in [2.75, 3.05) is 39.5 Å². The Morgan fingerprint density at radius 1 is 1.33 bits per heavy atom. The second-order valence-electron chi connectivity index (χ2n) is 5.03. The molecule has 0 amide bonds. The zero-order valence-electron chi connectivity index (χ0n) is 11.1. The zero-order valence-corrected chi connectivity index (χ0v) is 11.1. The lowest BCUT2D eigenvalue weighted by molar-refractivity contribution is 0.113. The van der Waals surface area contributed by atoms with Crippen LogP contribution in [0.5, 0.6) is 0 Å². The van der Waals surface area contributed by atoms with Gasteiger partial charge in [-0.05, 0) is 21.0 Å². The second-order valence-corrected chi connectivity index (χ2v) is 5.03. The van der Waals surface area contributed by atoms with Crippen LogP contribution in [0, 0.1) is 12.7 Å². The number of likely N-dealkylation sites (N-methyl/N-ethyl adjacent to an activating group) is 2. The quantitative estimate of drug-likeness (QED) is 0.821. The third-order valence-electron chi connectivity index (χ3n) is 3.49. The Hall–Kier alpha value is -1.27. The summed E-state index contributed by atoms with van der Waals surface area (Å²) in [4.78, 5) is 12.8. The molecule has 1 aliphatic rings. The molecular weight excluding hydrogens is 233 g/mol. The molecule has 1 aromatic rings. The van der Waals surface area contributed by atoms with Crippen molar-refractivity contribution in [2.24, 2.45) is 0 Å². The number of nitrogens with two attached hydrogens (primary N) is 1. The summed E-state index contributed by atoms with van der Waals surface area (Å²) < 4.78 is 13.4. The predicted octanol–water partition coefficient (Wildman–Crippen LogP) is 0.295. The number of halogens is 1. The molecule has 1 atom stereocenters. The molecule has 2 N–H and O–H groups in total. The van der Waals surface area contributed by atoms with Crippen LogP contribution in [0.2, 0.25) is 0 Å². The molecule has 6 heteroatoms. The van der Waals surface area contributed by atoms with E-state index in [4.69, 9.17) is 5.73 Å². The van der Waals surface area contributed by atoms with Gasteiger partial charge in [-0.2, -0.15) is 0 Å². The minimum absolute atomic E-state index is 0.0516. The summed E-state index contributed by atoms with van der Waals surface area (Å²) >= 11 is 0. The second kappa shape index (κ2) is 5.16. The first-order valence-electron chi connectivity index (χ1n) is 6.14. The van der Waals surface area contributed by atoms with E-state index in [0.717, 1.165) is 19.6 Å². The SMILES string of the molecule is Cc1nc(CC2CN(C)CCN2C)nc(N)c1F. The number of aryl methyl sites for hydroxylation is 1. The summed E-state index contributed by atoms with van der Waals surface area (Å²) in [7, 11) is 4.20. The van der Waals surface area contributed by atoms with E-state index in [-0.39, 0.29) is 5.82 Å². The summed E-state index contributed by atoms with van der Waals surface area (Å²) in [5, 5.41) is 0. The fourth-order valence-electron chi connectivity index (χ4n) is 2.27. The van der Waals surface area contributed by atoms with Crippen LogP contribution in [0.15, 0.2) is 0 Å². The largest absolute Gasteiger partial charge is 0.381 e. The van der Waals surface area contributed by atoms with E-state index in [1.54, 1.807) is 6.92 Å². The molecule has 1 aromatic heterocycles. The van der Waals surface area contributed by atoms with Gasteiger partial charge in [-0.25, -0.2) is 14.4 Å². The van der Waals surface area contributed by atoms with Crippen LogP contribution in [-0.4, -0.2) is 59.5 Å². The molecule has 2 rings (SSSR count). The van der Waals surface area contributed by atoms with Crippen LogP contribution in [0.25, 0.3) is 0 Å².